The van der Waals surface area contributed by atoms with Crippen LogP contribution in [0.3, 0.4) is 0 Å². The molecule has 24 heavy (non-hydrogen) atoms. The fourth-order valence-corrected chi connectivity index (χ4v) is 3.89. The second-order valence-electron chi connectivity index (χ2n) is 6.38. The van der Waals surface area contributed by atoms with Crippen LogP contribution in [0.1, 0.15) is 34.3 Å². The molecule has 126 valence electrons. The minimum Gasteiger partial charge on any atom is -0.381 e. The van der Waals surface area contributed by atoms with Gasteiger partial charge in [-0.1, -0.05) is 42.5 Å². The van der Waals surface area contributed by atoms with Crippen molar-refractivity contribution in [2.75, 3.05) is 19.8 Å². The zero-order valence-corrected chi connectivity index (χ0v) is 16.0. The van der Waals surface area contributed by atoms with Crippen molar-refractivity contribution < 1.29 is 9.53 Å². The van der Waals surface area contributed by atoms with Gasteiger partial charge in [0.2, 0.25) is 0 Å². The molecule has 1 aliphatic rings. The molecule has 4 heteroatoms. The Kier molecular flexibility index (Phi) is 5.56. The van der Waals surface area contributed by atoms with E-state index >= 15 is 0 Å². The van der Waals surface area contributed by atoms with Crippen molar-refractivity contribution in [2.24, 2.45) is 0 Å². The number of nitrogens with one attached hydrogen (secondary N) is 1. The van der Waals surface area contributed by atoms with Gasteiger partial charge in [-0.15, -0.1) is 0 Å². The lowest BCUT2D eigenvalue weighted by atomic mass is 9.74. The zero-order valence-electron chi connectivity index (χ0n) is 13.8. The van der Waals surface area contributed by atoms with E-state index in [0.717, 1.165) is 40.8 Å². The van der Waals surface area contributed by atoms with Crippen molar-refractivity contribution in [2.45, 2.75) is 25.2 Å². The molecule has 0 saturated carbocycles. The maximum absolute atomic E-state index is 12.7. The van der Waals surface area contributed by atoms with E-state index in [0.29, 0.717) is 6.54 Å². The third-order valence-corrected chi connectivity index (χ3v) is 6.29. The highest BCUT2D eigenvalue weighted by atomic mass is 127. The highest BCUT2D eigenvalue weighted by molar-refractivity contribution is 14.1. The molecule has 1 heterocycles. The van der Waals surface area contributed by atoms with E-state index in [1.165, 1.54) is 5.56 Å². The highest BCUT2D eigenvalue weighted by Gasteiger charge is 2.34. The Morgan fingerprint density at radius 3 is 2.54 bits per heavy atom. The number of aryl methyl sites for hydroxylation is 1. The zero-order chi connectivity index (χ0) is 17.0. The molecule has 1 amide bonds. The van der Waals surface area contributed by atoms with Crippen LogP contribution in [0.4, 0.5) is 0 Å². The van der Waals surface area contributed by atoms with Gasteiger partial charge in [-0.2, -0.15) is 0 Å². The number of carbonyl (C=O) groups excluding carboxylic acids is 1. The summed E-state index contributed by atoms with van der Waals surface area (Å²) in [5.74, 6) is 0.00454. The molecule has 2 aromatic carbocycles. The van der Waals surface area contributed by atoms with E-state index in [9.17, 15) is 4.79 Å². The van der Waals surface area contributed by atoms with Gasteiger partial charge in [0.15, 0.2) is 0 Å². The SMILES string of the molecule is Cc1cccc(C(=O)NCC2(c3ccccc3)CCOCC2)c1I. The number of carbonyl (C=O) groups is 1. The number of hydrogen-bond acceptors (Lipinski definition) is 2. The Balaban J connectivity index is 1.79. The van der Waals surface area contributed by atoms with Crippen molar-refractivity contribution in [3.63, 3.8) is 0 Å². The predicted octanol–water partition coefficient (Wildman–Crippen LogP) is 4.08. The summed E-state index contributed by atoms with van der Waals surface area (Å²) in [6.07, 6.45) is 1.87. The number of amides is 1. The first-order valence-corrected chi connectivity index (χ1v) is 9.37. The van der Waals surface area contributed by atoms with Crippen molar-refractivity contribution in [3.05, 3.63) is 68.8 Å². The Morgan fingerprint density at radius 2 is 1.83 bits per heavy atom. The third kappa shape index (κ3) is 3.64. The monoisotopic (exact) mass is 435 g/mol. The highest BCUT2D eigenvalue weighted by Crippen LogP contribution is 2.34. The molecule has 3 rings (SSSR count). The van der Waals surface area contributed by atoms with Crippen molar-refractivity contribution in [1.29, 1.82) is 0 Å². The van der Waals surface area contributed by atoms with Crippen LogP contribution in [0.15, 0.2) is 48.5 Å². The van der Waals surface area contributed by atoms with E-state index < -0.39 is 0 Å². The van der Waals surface area contributed by atoms with Crippen LogP contribution in [-0.2, 0) is 10.2 Å². The molecular weight excluding hydrogens is 413 g/mol. The molecule has 1 fully saturated rings. The molecule has 1 N–H and O–H groups in total. The number of benzene rings is 2. The molecule has 0 aromatic heterocycles. The van der Waals surface area contributed by atoms with Crippen molar-refractivity contribution in [3.8, 4) is 0 Å². The van der Waals surface area contributed by atoms with E-state index in [2.05, 4.69) is 52.2 Å². The smallest absolute Gasteiger partial charge is 0.252 e. The molecule has 0 unspecified atom stereocenters. The number of ether oxygens (including phenoxy) is 1. The van der Waals surface area contributed by atoms with Crippen LogP contribution < -0.4 is 5.32 Å². The van der Waals surface area contributed by atoms with Gasteiger partial charge in [0.1, 0.15) is 0 Å². The molecule has 3 nitrogen and oxygen atoms in total. The first kappa shape index (κ1) is 17.4. The van der Waals surface area contributed by atoms with Gasteiger partial charge in [0, 0.05) is 28.7 Å². The third-order valence-electron chi connectivity index (χ3n) is 4.86. The van der Waals surface area contributed by atoms with Crippen LogP contribution in [0.5, 0.6) is 0 Å². The van der Waals surface area contributed by atoms with E-state index in [-0.39, 0.29) is 11.3 Å². The summed E-state index contributed by atoms with van der Waals surface area (Å²) < 4.78 is 6.58. The number of rotatable bonds is 4. The molecule has 1 aliphatic heterocycles. The lowest BCUT2D eigenvalue weighted by Gasteiger charge is -2.38. The van der Waals surface area contributed by atoms with Gasteiger partial charge >= 0.3 is 0 Å². The first-order valence-electron chi connectivity index (χ1n) is 8.29. The first-order chi connectivity index (χ1) is 11.6. The topological polar surface area (TPSA) is 38.3 Å². The van der Waals surface area contributed by atoms with Gasteiger partial charge in [-0.3, -0.25) is 4.79 Å². The Labute approximate surface area is 156 Å². The minimum absolute atomic E-state index is 0.00454. The molecule has 0 atom stereocenters. The minimum atomic E-state index is -0.0373. The lowest BCUT2D eigenvalue weighted by molar-refractivity contribution is 0.0487. The van der Waals surface area contributed by atoms with Crippen molar-refractivity contribution in [1.82, 2.24) is 5.32 Å². The maximum atomic E-state index is 12.7. The summed E-state index contributed by atoms with van der Waals surface area (Å²) in [5.41, 5.74) is 3.13. The molecule has 0 spiro atoms. The largest absolute Gasteiger partial charge is 0.381 e. The quantitative estimate of drug-likeness (QED) is 0.736. The average Bonchev–Trinajstić information content (AvgIpc) is 2.63. The van der Waals surface area contributed by atoms with E-state index in [4.69, 9.17) is 4.74 Å². The summed E-state index contributed by atoms with van der Waals surface area (Å²) in [6, 6.07) is 16.3. The Bertz CT molecular complexity index is 709. The molecule has 0 aliphatic carbocycles. The van der Waals surface area contributed by atoms with E-state index in [1.807, 2.05) is 31.2 Å². The normalized spacial score (nSPS) is 16.6. The average molecular weight is 435 g/mol. The van der Waals surface area contributed by atoms with Gasteiger partial charge in [-0.25, -0.2) is 0 Å². The molecular formula is C20H22INO2. The standard InChI is InChI=1S/C20H22INO2/c1-15-6-5-9-17(18(15)21)19(23)22-14-20(10-12-24-13-11-20)16-7-3-2-4-8-16/h2-9H,10-14H2,1H3,(H,22,23). The molecule has 0 radical (unpaired) electrons. The van der Waals surface area contributed by atoms with Crippen LogP contribution in [0, 0.1) is 10.5 Å². The van der Waals surface area contributed by atoms with Gasteiger partial charge < -0.3 is 10.1 Å². The van der Waals surface area contributed by atoms with Gasteiger partial charge in [0.05, 0.1) is 5.56 Å². The summed E-state index contributed by atoms with van der Waals surface area (Å²) in [6.45, 7) is 4.16. The second-order valence-corrected chi connectivity index (χ2v) is 7.46. The van der Waals surface area contributed by atoms with Crippen molar-refractivity contribution >= 4 is 28.5 Å². The fourth-order valence-electron chi connectivity index (χ4n) is 3.29. The molecule has 1 saturated heterocycles. The molecule has 2 aromatic rings. The van der Waals surface area contributed by atoms with Crippen LogP contribution in [0.2, 0.25) is 0 Å². The lowest BCUT2D eigenvalue weighted by Crippen LogP contribution is -2.44. The number of hydrogen-bond donors (Lipinski definition) is 1. The summed E-state index contributed by atoms with van der Waals surface area (Å²) in [5, 5.41) is 3.18. The fraction of sp³-hybridized carbons (Fsp3) is 0.350. The summed E-state index contributed by atoms with van der Waals surface area (Å²) in [7, 11) is 0. The Hall–Kier alpha value is -1.40. The van der Waals surface area contributed by atoms with Crippen LogP contribution in [0.25, 0.3) is 0 Å². The van der Waals surface area contributed by atoms with Gasteiger partial charge in [-0.05, 0) is 59.5 Å². The second kappa shape index (κ2) is 7.66. The summed E-state index contributed by atoms with van der Waals surface area (Å²) in [4.78, 5) is 12.7. The maximum Gasteiger partial charge on any atom is 0.252 e. The predicted molar refractivity (Wildman–Crippen MR) is 104 cm³/mol. The van der Waals surface area contributed by atoms with Gasteiger partial charge in [0.25, 0.3) is 5.91 Å². The number of halogens is 1. The van der Waals surface area contributed by atoms with Crippen LogP contribution in [-0.4, -0.2) is 25.7 Å². The molecule has 0 bridgehead atoms. The summed E-state index contributed by atoms with van der Waals surface area (Å²) >= 11 is 2.25. The Morgan fingerprint density at radius 1 is 1.12 bits per heavy atom. The van der Waals surface area contributed by atoms with Crippen LogP contribution >= 0.6 is 22.6 Å². The van der Waals surface area contributed by atoms with E-state index in [1.54, 1.807) is 0 Å².